The monoisotopic (exact) mass is 216 g/mol. The van der Waals surface area contributed by atoms with E-state index in [2.05, 4.69) is 30.9 Å². The van der Waals surface area contributed by atoms with Crippen LogP contribution in [0.2, 0.25) is 0 Å². The minimum absolute atomic E-state index is 0.256. The molecule has 0 unspecified atom stereocenters. The summed E-state index contributed by atoms with van der Waals surface area (Å²) < 4.78 is 1.45. The highest BCUT2D eigenvalue weighted by molar-refractivity contribution is 5.54. The first-order valence-corrected chi connectivity index (χ1v) is 4.38. The van der Waals surface area contributed by atoms with Crippen molar-refractivity contribution in [1.29, 1.82) is 0 Å². The van der Waals surface area contributed by atoms with Gasteiger partial charge in [-0.3, -0.25) is 0 Å². The van der Waals surface area contributed by atoms with Crippen molar-refractivity contribution < 1.29 is 0 Å². The Morgan fingerprint density at radius 2 is 2.06 bits per heavy atom. The van der Waals surface area contributed by atoms with Crippen LogP contribution in [0.15, 0.2) is 45.7 Å². The smallest absolute Gasteiger partial charge is 0.292 e. The molecule has 0 atom stereocenters. The van der Waals surface area contributed by atoms with Crippen molar-refractivity contribution in [3.8, 4) is 5.69 Å². The maximum absolute atomic E-state index is 4.87. The van der Waals surface area contributed by atoms with Crippen molar-refractivity contribution in [2.75, 3.05) is 0 Å². The van der Waals surface area contributed by atoms with Crippen LogP contribution in [0.4, 0.5) is 5.95 Å². The van der Waals surface area contributed by atoms with Gasteiger partial charge in [-0.05, 0) is 22.6 Å². The topological polar surface area (TPSA) is 107 Å². The van der Waals surface area contributed by atoms with Gasteiger partial charge in [0.05, 0.1) is 5.69 Å². The molecular weight excluding hydrogens is 208 g/mol. The number of hydrazone groups is 1. The standard InChI is InChI=1S/C8H8N8/c9-10-6-11-12-8-13-14-15-16(8)7-4-2-1-3-5-7/h1-6H,9H2. The van der Waals surface area contributed by atoms with E-state index in [1.807, 2.05) is 30.3 Å². The Morgan fingerprint density at radius 1 is 1.25 bits per heavy atom. The number of para-hydroxylation sites is 1. The molecule has 0 bridgehead atoms. The molecule has 0 amide bonds. The molecule has 1 aromatic carbocycles. The molecule has 0 saturated carbocycles. The lowest BCUT2D eigenvalue weighted by Crippen LogP contribution is -1.95. The van der Waals surface area contributed by atoms with Gasteiger partial charge in [0.25, 0.3) is 5.95 Å². The molecule has 1 heterocycles. The number of azo groups is 1. The van der Waals surface area contributed by atoms with Crippen molar-refractivity contribution in [1.82, 2.24) is 20.2 Å². The predicted octanol–water partition coefficient (Wildman–Crippen LogP) is 0.648. The number of nitrogens with zero attached hydrogens (tertiary/aromatic N) is 7. The van der Waals surface area contributed by atoms with Gasteiger partial charge in [-0.25, -0.2) is 0 Å². The van der Waals surface area contributed by atoms with E-state index in [1.165, 1.54) is 4.68 Å². The first-order valence-electron chi connectivity index (χ1n) is 4.38. The molecule has 80 valence electrons. The fourth-order valence-corrected chi connectivity index (χ4v) is 1.09. The summed E-state index contributed by atoms with van der Waals surface area (Å²) in [5.41, 5.74) is 0.797. The largest absolute Gasteiger partial charge is 0.322 e. The molecule has 0 aliphatic rings. The summed E-state index contributed by atoms with van der Waals surface area (Å²) in [5, 5.41) is 21.5. The second-order valence-electron chi connectivity index (χ2n) is 2.71. The van der Waals surface area contributed by atoms with Gasteiger partial charge in [0.2, 0.25) is 0 Å². The average molecular weight is 216 g/mol. The van der Waals surface area contributed by atoms with Crippen LogP contribution in [0, 0.1) is 0 Å². The first kappa shape index (κ1) is 9.90. The molecule has 0 spiro atoms. The molecule has 0 radical (unpaired) electrons. The number of rotatable bonds is 3. The van der Waals surface area contributed by atoms with E-state index < -0.39 is 0 Å². The average Bonchev–Trinajstić information content (AvgIpc) is 2.79. The lowest BCUT2D eigenvalue weighted by molar-refractivity contribution is 0.788. The van der Waals surface area contributed by atoms with Crippen molar-refractivity contribution in [2.24, 2.45) is 21.2 Å². The summed E-state index contributed by atoms with van der Waals surface area (Å²) in [4.78, 5) is 0. The zero-order valence-corrected chi connectivity index (χ0v) is 8.17. The van der Waals surface area contributed by atoms with Crippen molar-refractivity contribution in [2.45, 2.75) is 0 Å². The summed E-state index contributed by atoms with van der Waals surface area (Å²) in [6.07, 6.45) is 1.10. The SMILES string of the molecule is NN=CN=Nc1nnnn1-c1ccccc1. The van der Waals surface area contributed by atoms with E-state index in [0.29, 0.717) is 0 Å². The van der Waals surface area contributed by atoms with Crippen LogP contribution in [0.5, 0.6) is 0 Å². The van der Waals surface area contributed by atoms with Crippen molar-refractivity contribution >= 4 is 12.3 Å². The maximum Gasteiger partial charge on any atom is 0.292 e. The number of aromatic nitrogens is 4. The van der Waals surface area contributed by atoms with Gasteiger partial charge >= 0.3 is 0 Å². The number of benzene rings is 1. The van der Waals surface area contributed by atoms with Gasteiger partial charge in [-0.2, -0.15) is 9.78 Å². The van der Waals surface area contributed by atoms with E-state index >= 15 is 0 Å². The van der Waals surface area contributed by atoms with Gasteiger partial charge in [-0.15, -0.1) is 10.2 Å². The maximum atomic E-state index is 4.87. The molecule has 2 rings (SSSR count). The summed E-state index contributed by atoms with van der Waals surface area (Å²) in [5.74, 6) is 5.13. The normalized spacial score (nSPS) is 11.5. The fourth-order valence-electron chi connectivity index (χ4n) is 1.09. The minimum atomic E-state index is 0.256. The van der Waals surface area contributed by atoms with E-state index in [9.17, 15) is 0 Å². The second-order valence-corrected chi connectivity index (χ2v) is 2.71. The quantitative estimate of drug-likeness (QED) is 0.267. The lowest BCUT2D eigenvalue weighted by Gasteiger charge is -1.98. The van der Waals surface area contributed by atoms with Crippen molar-refractivity contribution in [3.63, 3.8) is 0 Å². The summed E-state index contributed by atoms with van der Waals surface area (Å²) in [6.45, 7) is 0. The zero-order valence-electron chi connectivity index (χ0n) is 8.17. The molecular formula is C8H8N8. The Labute approximate surface area is 90.5 Å². The van der Waals surface area contributed by atoms with Gasteiger partial charge in [0.15, 0.2) is 6.34 Å². The van der Waals surface area contributed by atoms with Crippen LogP contribution < -0.4 is 5.84 Å². The van der Waals surface area contributed by atoms with Crippen LogP contribution >= 0.6 is 0 Å². The highest BCUT2D eigenvalue weighted by atomic mass is 15.6. The lowest BCUT2D eigenvalue weighted by atomic mass is 10.3. The number of tetrazole rings is 1. The molecule has 16 heavy (non-hydrogen) atoms. The Balaban J connectivity index is 2.33. The summed E-state index contributed by atoms with van der Waals surface area (Å²) in [6, 6.07) is 9.35. The number of hydrogen-bond donors (Lipinski definition) is 1. The van der Waals surface area contributed by atoms with Crippen LogP contribution in [-0.4, -0.2) is 26.5 Å². The Kier molecular flexibility index (Phi) is 2.93. The molecule has 0 saturated heterocycles. The van der Waals surface area contributed by atoms with Crippen LogP contribution in [0.3, 0.4) is 0 Å². The first-order chi connectivity index (χ1) is 7.92. The summed E-state index contributed by atoms with van der Waals surface area (Å²) >= 11 is 0. The zero-order chi connectivity index (χ0) is 11.2. The molecule has 0 fully saturated rings. The van der Waals surface area contributed by atoms with E-state index in [-0.39, 0.29) is 5.95 Å². The third-order valence-electron chi connectivity index (χ3n) is 1.72. The van der Waals surface area contributed by atoms with Crippen LogP contribution in [0.25, 0.3) is 5.69 Å². The van der Waals surface area contributed by atoms with Gasteiger partial charge in [-0.1, -0.05) is 23.3 Å². The predicted molar refractivity (Wildman–Crippen MR) is 56.3 cm³/mol. The Morgan fingerprint density at radius 3 is 2.81 bits per heavy atom. The fraction of sp³-hybridized carbons (Fsp3) is 0. The highest BCUT2D eigenvalue weighted by Crippen LogP contribution is 2.12. The van der Waals surface area contributed by atoms with Crippen LogP contribution in [-0.2, 0) is 0 Å². The Bertz CT molecular complexity index is 500. The Hall–Kier alpha value is -2.64. The molecule has 2 aromatic rings. The molecule has 2 N–H and O–H groups in total. The number of nitrogens with two attached hydrogens (primary N) is 1. The van der Waals surface area contributed by atoms with Gasteiger partial charge in [0, 0.05) is 0 Å². The molecule has 8 nitrogen and oxygen atoms in total. The van der Waals surface area contributed by atoms with Gasteiger partial charge < -0.3 is 5.84 Å². The van der Waals surface area contributed by atoms with E-state index in [0.717, 1.165) is 12.0 Å². The number of hydrogen-bond acceptors (Lipinski definition) is 6. The van der Waals surface area contributed by atoms with Gasteiger partial charge in [0.1, 0.15) is 0 Å². The molecule has 1 aromatic heterocycles. The van der Waals surface area contributed by atoms with Crippen molar-refractivity contribution in [3.05, 3.63) is 30.3 Å². The van der Waals surface area contributed by atoms with E-state index in [4.69, 9.17) is 5.84 Å². The third-order valence-corrected chi connectivity index (χ3v) is 1.72. The molecule has 0 aliphatic heterocycles. The molecule has 8 heteroatoms. The third kappa shape index (κ3) is 2.05. The highest BCUT2D eigenvalue weighted by Gasteiger charge is 2.05. The molecule has 0 aliphatic carbocycles. The summed E-state index contributed by atoms with van der Waals surface area (Å²) in [7, 11) is 0. The minimum Gasteiger partial charge on any atom is -0.322 e. The second kappa shape index (κ2) is 4.73. The van der Waals surface area contributed by atoms with Crippen LogP contribution in [0.1, 0.15) is 0 Å². The van der Waals surface area contributed by atoms with E-state index in [1.54, 1.807) is 0 Å².